The van der Waals surface area contributed by atoms with Gasteiger partial charge in [0.1, 0.15) is 0 Å². The Labute approximate surface area is 106 Å². The number of fused-ring (bicyclic) bond motifs is 1. The second-order valence-electron chi connectivity index (χ2n) is 6.72. The summed E-state index contributed by atoms with van der Waals surface area (Å²) >= 11 is 0. The van der Waals surface area contributed by atoms with Crippen LogP contribution in [0.4, 0.5) is 0 Å². The van der Waals surface area contributed by atoms with Crippen molar-refractivity contribution in [3.8, 4) is 0 Å². The van der Waals surface area contributed by atoms with Gasteiger partial charge in [0.2, 0.25) is 0 Å². The highest BCUT2D eigenvalue weighted by molar-refractivity contribution is 5.05. The van der Waals surface area contributed by atoms with Crippen molar-refractivity contribution in [2.45, 2.75) is 76.4 Å². The van der Waals surface area contributed by atoms with Crippen LogP contribution in [0.25, 0.3) is 0 Å². The molecule has 3 aliphatic rings. The fourth-order valence-corrected chi connectivity index (χ4v) is 4.56. The Bertz CT molecular complexity index is 272. The van der Waals surface area contributed by atoms with Crippen molar-refractivity contribution in [3.63, 3.8) is 0 Å². The molecule has 3 rings (SSSR count). The monoisotopic (exact) mass is 237 g/mol. The fourth-order valence-electron chi connectivity index (χ4n) is 4.56. The van der Waals surface area contributed by atoms with E-state index in [0.29, 0.717) is 11.6 Å². The molecule has 0 N–H and O–H groups in total. The quantitative estimate of drug-likeness (QED) is 0.694. The summed E-state index contributed by atoms with van der Waals surface area (Å²) in [6.07, 6.45) is 10.1. The molecule has 2 heterocycles. The van der Waals surface area contributed by atoms with E-state index < -0.39 is 0 Å². The molecule has 2 saturated heterocycles. The molecule has 0 aromatic rings. The van der Waals surface area contributed by atoms with E-state index in [1.807, 2.05) is 0 Å². The van der Waals surface area contributed by atoms with Gasteiger partial charge in [-0.3, -0.25) is 4.90 Å². The topological polar surface area (TPSA) is 12.5 Å². The molecule has 2 nitrogen and oxygen atoms in total. The number of ether oxygens (including phenoxy) is 1. The van der Waals surface area contributed by atoms with Gasteiger partial charge in [0.15, 0.2) is 0 Å². The number of hydrogen-bond donors (Lipinski definition) is 0. The highest BCUT2D eigenvalue weighted by Crippen LogP contribution is 2.45. The molecule has 1 saturated carbocycles. The van der Waals surface area contributed by atoms with Gasteiger partial charge >= 0.3 is 0 Å². The lowest BCUT2D eigenvalue weighted by Crippen LogP contribution is -2.70. The number of likely N-dealkylation sites (tertiary alicyclic amines) is 1. The van der Waals surface area contributed by atoms with E-state index in [1.54, 1.807) is 0 Å². The predicted octanol–water partition coefficient (Wildman–Crippen LogP) is 3.21. The Morgan fingerprint density at radius 1 is 1.06 bits per heavy atom. The Kier molecular flexibility index (Phi) is 3.20. The van der Waals surface area contributed by atoms with Crippen LogP contribution in [0.2, 0.25) is 0 Å². The summed E-state index contributed by atoms with van der Waals surface area (Å²) in [6.45, 7) is 6.75. The van der Waals surface area contributed by atoms with Gasteiger partial charge < -0.3 is 4.74 Å². The molecule has 2 unspecified atom stereocenters. The van der Waals surface area contributed by atoms with Crippen LogP contribution in [0.1, 0.15) is 58.8 Å². The van der Waals surface area contributed by atoms with Crippen molar-refractivity contribution in [2.75, 3.05) is 13.2 Å². The molecule has 0 radical (unpaired) electrons. The molecular weight excluding hydrogens is 210 g/mol. The van der Waals surface area contributed by atoms with Crippen LogP contribution in [-0.2, 0) is 4.74 Å². The van der Waals surface area contributed by atoms with Gasteiger partial charge in [-0.05, 0) is 45.4 Å². The smallest absolute Gasteiger partial charge is 0.0683 e. The zero-order valence-corrected chi connectivity index (χ0v) is 11.5. The lowest BCUT2D eigenvalue weighted by Gasteiger charge is -2.59. The molecule has 0 bridgehead atoms. The number of nitrogens with zero attached hydrogens (tertiary/aromatic N) is 1. The highest BCUT2D eigenvalue weighted by Gasteiger charge is 2.52. The van der Waals surface area contributed by atoms with Crippen LogP contribution < -0.4 is 0 Å². The van der Waals surface area contributed by atoms with Crippen LogP contribution >= 0.6 is 0 Å². The summed E-state index contributed by atoms with van der Waals surface area (Å²) in [5.41, 5.74) is 0.430. The van der Waals surface area contributed by atoms with E-state index in [9.17, 15) is 0 Å². The maximum atomic E-state index is 5.57. The SMILES string of the molecule is CC(C)N1C2CCCCCC2CCC12COC2. The lowest BCUT2D eigenvalue weighted by atomic mass is 9.74. The maximum Gasteiger partial charge on any atom is 0.0683 e. The summed E-state index contributed by atoms with van der Waals surface area (Å²) in [5, 5.41) is 0. The van der Waals surface area contributed by atoms with Gasteiger partial charge in [0.25, 0.3) is 0 Å². The number of piperidine rings is 1. The molecule has 2 atom stereocenters. The van der Waals surface area contributed by atoms with E-state index >= 15 is 0 Å². The summed E-state index contributed by atoms with van der Waals surface area (Å²) in [5.74, 6) is 0.978. The van der Waals surface area contributed by atoms with Crippen molar-refractivity contribution in [3.05, 3.63) is 0 Å². The number of hydrogen-bond acceptors (Lipinski definition) is 2. The van der Waals surface area contributed by atoms with E-state index in [2.05, 4.69) is 18.7 Å². The third-order valence-electron chi connectivity index (χ3n) is 5.30. The predicted molar refractivity (Wildman–Crippen MR) is 70.1 cm³/mol. The van der Waals surface area contributed by atoms with Crippen LogP contribution in [0, 0.1) is 5.92 Å². The fraction of sp³-hybridized carbons (Fsp3) is 1.00. The Balaban J connectivity index is 1.84. The molecule has 1 aliphatic carbocycles. The maximum absolute atomic E-state index is 5.57. The van der Waals surface area contributed by atoms with E-state index in [1.165, 1.54) is 44.9 Å². The normalized spacial score (nSPS) is 37.6. The molecule has 17 heavy (non-hydrogen) atoms. The van der Waals surface area contributed by atoms with Crippen LogP contribution in [-0.4, -0.2) is 35.7 Å². The first kappa shape index (κ1) is 12.0. The minimum atomic E-state index is 0.430. The molecule has 2 heteroatoms. The first-order valence-corrected chi connectivity index (χ1v) is 7.59. The van der Waals surface area contributed by atoms with Crippen molar-refractivity contribution in [1.82, 2.24) is 4.90 Å². The molecule has 2 aliphatic heterocycles. The first-order chi connectivity index (χ1) is 8.23. The van der Waals surface area contributed by atoms with Gasteiger partial charge in [-0.2, -0.15) is 0 Å². The minimum Gasteiger partial charge on any atom is -0.377 e. The Morgan fingerprint density at radius 2 is 1.82 bits per heavy atom. The summed E-state index contributed by atoms with van der Waals surface area (Å²) < 4.78 is 5.57. The highest BCUT2D eigenvalue weighted by atomic mass is 16.5. The molecule has 0 aromatic heterocycles. The molecular formula is C15H27NO. The second-order valence-corrected chi connectivity index (χ2v) is 6.72. The summed E-state index contributed by atoms with van der Waals surface area (Å²) in [4.78, 5) is 2.86. The van der Waals surface area contributed by atoms with Gasteiger partial charge in [0, 0.05) is 12.1 Å². The van der Waals surface area contributed by atoms with Crippen molar-refractivity contribution < 1.29 is 4.74 Å². The van der Waals surface area contributed by atoms with Gasteiger partial charge in [0.05, 0.1) is 18.8 Å². The average Bonchev–Trinajstić information content (AvgIpc) is 2.49. The zero-order chi connectivity index (χ0) is 11.9. The Morgan fingerprint density at radius 3 is 2.47 bits per heavy atom. The third kappa shape index (κ3) is 1.94. The van der Waals surface area contributed by atoms with Gasteiger partial charge in [-0.1, -0.05) is 19.3 Å². The largest absolute Gasteiger partial charge is 0.377 e. The summed E-state index contributed by atoms with van der Waals surface area (Å²) in [7, 11) is 0. The van der Waals surface area contributed by atoms with Crippen LogP contribution in [0.15, 0.2) is 0 Å². The Hall–Kier alpha value is -0.0800. The van der Waals surface area contributed by atoms with Crippen LogP contribution in [0.3, 0.4) is 0 Å². The average molecular weight is 237 g/mol. The first-order valence-electron chi connectivity index (χ1n) is 7.59. The zero-order valence-electron chi connectivity index (χ0n) is 11.5. The van der Waals surface area contributed by atoms with E-state index in [0.717, 1.165) is 25.2 Å². The van der Waals surface area contributed by atoms with E-state index in [-0.39, 0.29) is 0 Å². The second kappa shape index (κ2) is 4.55. The van der Waals surface area contributed by atoms with Crippen molar-refractivity contribution >= 4 is 0 Å². The third-order valence-corrected chi connectivity index (χ3v) is 5.30. The van der Waals surface area contributed by atoms with E-state index in [4.69, 9.17) is 4.74 Å². The molecule has 1 spiro atoms. The molecule has 0 amide bonds. The summed E-state index contributed by atoms with van der Waals surface area (Å²) in [6, 6.07) is 1.54. The standard InChI is InChI=1S/C15H27NO/c1-12(2)16-14-7-5-3-4-6-13(14)8-9-15(16)10-17-11-15/h12-14H,3-11H2,1-2H3. The van der Waals surface area contributed by atoms with Crippen LogP contribution in [0.5, 0.6) is 0 Å². The lowest BCUT2D eigenvalue weighted by molar-refractivity contribution is -0.194. The molecule has 3 fully saturated rings. The molecule has 0 aromatic carbocycles. The van der Waals surface area contributed by atoms with Crippen molar-refractivity contribution in [1.29, 1.82) is 0 Å². The molecule has 98 valence electrons. The minimum absolute atomic E-state index is 0.430. The van der Waals surface area contributed by atoms with Gasteiger partial charge in [-0.25, -0.2) is 0 Å². The van der Waals surface area contributed by atoms with Gasteiger partial charge in [-0.15, -0.1) is 0 Å². The van der Waals surface area contributed by atoms with Crippen molar-refractivity contribution in [2.24, 2.45) is 5.92 Å². The number of rotatable bonds is 1.